The smallest absolute Gasteiger partial charge is 0.258 e. The van der Waals surface area contributed by atoms with Crippen molar-refractivity contribution in [2.75, 3.05) is 13.7 Å². The highest BCUT2D eigenvalue weighted by Gasteiger charge is 2.07. The minimum Gasteiger partial charge on any atom is -0.493 e. The van der Waals surface area contributed by atoms with Crippen LogP contribution in [0.15, 0.2) is 53.9 Å². The summed E-state index contributed by atoms with van der Waals surface area (Å²) in [6, 6.07) is 15.1. The molecular weight excluding hydrogens is 338 g/mol. The van der Waals surface area contributed by atoms with Gasteiger partial charge in [-0.1, -0.05) is 40.9 Å². The normalized spacial score (nSPS) is 10.3. The summed E-state index contributed by atoms with van der Waals surface area (Å²) >= 11 is 1.32. The summed E-state index contributed by atoms with van der Waals surface area (Å²) in [5, 5.41) is 8.75. The molecule has 0 saturated carbocycles. The molecule has 1 heterocycles. The molecule has 0 atom stereocenters. The first-order valence-corrected chi connectivity index (χ1v) is 8.49. The topological polar surface area (TPSA) is 73.3 Å². The van der Waals surface area contributed by atoms with Gasteiger partial charge in [-0.3, -0.25) is 4.79 Å². The first-order chi connectivity index (χ1) is 12.3. The number of nitrogens with one attached hydrogen (secondary N) is 1. The number of rotatable bonds is 7. The van der Waals surface area contributed by atoms with E-state index < -0.39 is 0 Å². The van der Waals surface area contributed by atoms with E-state index in [0.29, 0.717) is 18.0 Å². The zero-order valence-electron chi connectivity index (χ0n) is 13.6. The Labute approximate surface area is 149 Å². The Morgan fingerprint density at radius 3 is 2.56 bits per heavy atom. The van der Waals surface area contributed by atoms with Crippen molar-refractivity contribution < 1.29 is 14.3 Å². The first kappa shape index (κ1) is 16.9. The fourth-order valence-electron chi connectivity index (χ4n) is 2.22. The molecule has 0 saturated heterocycles. The SMILES string of the molecule is COc1ccccc1OCC(=O)NCc1ccc(-c2csnn2)cc1. The second-order valence-electron chi connectivity index (χ2n) is 5.20. The molecule has 0 aliphatic carbocycles. The number of benzene rings is 2. The number of aromatic nitrogens is 2. The highest BCUT2D eigenvalue weighted by molar-refractivity contribution is 7.03. The number of methoxy groups -OCH3 is 1. The van der Waals surface area contributed by atoms with Gasteiger partial charge in [0.15, 0.2) is 18.1 Å². The molecular formula is C18H17N3O3S. The van der Waals surface area contributed by atoms with E-state index in [0.717, 1.165) is 16.8 Å². The van der Waals surface area contributed by atoms with E-state index in [9.17, 15) is 4.79 Å². The van der Waals surface area contributed by atoms with Crippen LogP contribution in [0.5, 0.6) is 11.5 Å². The van der Waals surface area contributed by atoms with Crippen molar-refractivity contribution in [1.82, 2.24) is 14.9 Å². The lowest BCUT2D eigenvalue weighted by molar-refractivity contribution is -0.123. The van der Waals surface area contributed by atoms with Crippen LogP contribution in [-0.2, 0) is 11.3 Å². The molecule has 1 N–H and O–H groups in total. The van der Waals surface area contributed by atoms with Crippen molar-refractivity contribution in [2.24, 2.45) is 0 Å². The maximum Gasteiger partial charge on any atom is 0.258 e. The lowest BCUT2D eigenvalue weighted by atomic mass is 10.1. The van der Waals surface area contributed by atoms with Crippen LogP contribution in [0, 0.1) is 0 Å². The molecule has 0 radical (unpaired) electrons. The second-order valence-corrected chi connectivity index (χ2v) is 5.81. The van der Waals surface area contributed by atoms with Crippen LogP contribution >= 0.6 is 11.5 Å². The van der Waals surface area contributed by atoms with Crippen LogP contribution in [-0.4, -0.2) is 29.2 Å². The van der Waals surface area contributed by atoms with Crippen molar-refractivity contribution in [3.05, 3.63) is 59.5 Å². The van der Waals surface area contributed by atoms with Crippen LogP contribution in [0.4, 0.5) is 0 Å². The van der Waals surface area contributed by atoms with Gasteiger partial charge < -0.3 is 14.8 Å². The molecule has 25 heavy (non-hydrogen) atoms. The van der Waals surface area contributed by atoms with Gasteiger partial charge in [0.25, 0.3) is 5.91 Å². The van der Waals surface area contributed by atoms with Gasteiger partial charge >= 0.3 is 0 Å². The Morgan fingerprint density at radius 2 is 1.88 bits per heavy atom. The maximum absolute atomic E-state index is 11.9. The molecule has 0 unspecified atom stereocenters. The predicted octanol–water partition coefficient (Wildman–Crippen LogP) is 2.91. The quantitative estimate of drug-likeness (QED) is 0.705. The predicted molar refractivity (Wildman–Crippen MR) is 95.7 cm³/mol. The van der Waals surface area contributed by atoms with Crippen LogP contribution in [0.1, 0.15) is 5.56 Å². The van der Waals surface area contributed by atoms with E-state index in [1.165, 1.54) is 11.5 Å². The van der Waals surface area contributed by atoms with Crippen molar-refractivity contribution >= 4 is 17.4 Å². The second kappa shape index (κ2) is 8.25. The zero-order valence-corrected chi connectivity index (χ0v) is 14.5. The Balaban J connectivity index is 1.49. The van der Waals surface area contributed by atoms with E-state index in [4.69, 9.17) is 9.47 Å². The molecule has 1 aromatic heterocycles. The van der Waals surface area contributed by atoms with Gasteiger partial charge in [0.05, 0.1) is 7.11 Å². The monoisotopic (exact) mass is 355 g/mol. The van der Waals surface area contributed by atoms with Gasteiger partial charge in [0.2, 0.25) is 0 Å². The van der Waals surface area contributed by atoms with Crippen molar-refractivity contribution in [3.63, 3.8) is 0 Å². The van der Waals surface area contributed by atoms with Crippen LogP contribution in [0.25, 0.3) is 11.3 Å². The molecule has 0 fully saturated rings. The van der Waals surface area contributed by atoms with E-state index in [1.54, 1.807) is 19.2 Å². The molecule has 1 amide bonds. The van der Waals surface area contributed by atoms with E-state index in [1.807, 2.05) is 41.8 Å². The van der Waals surface area contributed by atoms with Gasteiger partial charge in [-0.15, -0.1) is 5.10 Å². The standard InChI is InChI=1S/C18H17N3O3S/c1-23-16-4-2-3-5-17(16)24-11-18(22)19-10-13-6-8-14(9-7-13)15-12-25-21-20-15/h2-9,12H,10-11H2,1H3,(H,19,22). The van der Waals surface area contributed by atoms with Crippen molar-refractivity contribution in [1.29, 1.82) is 0 Å². The third-order valence-corrected chi connectivity index (χ3v) is 4.03. The van der Waals surface area contributed by atoms with Crippen molar-refractivity contribution in [3.8, 4) is 22.8 Å². The average molecular weight is 355 g/mol. The summed E-state index contributed by atoms with van der Waals surface area (Å²) in [6.45, 7) is 0.368. The fraction of sp³-hybridized carbons (Fsp3) is 0.167. The van der Waals surface area contributed by atoms with Crippen LogP contribution < -0.4 is 14.8 Å². The van der Waals surface area contributed by atoms with Gasteiger partial charge in [-0.05, 0) is 29.2 Å². The Kier molecular flexibility index (Phi) is 5.58. The third kappa shape index (κ3) is 4.54. The molecule has 0 spiro atoms. The summed E-state index contributed by atoms with van der Waals surface area (Å²) in [5.41, 5.74) is 2.85. The molecule has 6 nitrogen and oxygen atoms in total. The number of para-hydroxylation sites is 2. The highest BCUT2D eigenvalue weighted by Crippen LogP contribution is 2.25. The summed E-state index contributed by atoms with van der Waals surface area (Å²) in [6.07, 6.45) is 0. The van der Waals surface area contributed by atoms with E-state index in [2.05, 4.69) is 14.9 Å². The number of carbonyl (C=O) groups is 1. The molecule has 128 valence electrons. The molecule has 7 heteroatoms. The van der Waals surface area contributed by atoms with E-state index in [-0.39, 0.29) is 12.5 Å². The van der Waals surface area contributed by atoms with E-state index >= 15 is 0 Å². The first-order valence-electron chi connectivity index (χ1n) is 7.65. The molecule has 3 aromatic rings. The number of carbonyl (C=O) groups excluding carboxylic acids is 1. The minimum atomic E-state index is -0.196. The number of amides is 1. The fourth-order valence-corrected chi connectivity index (χ4v) is 2.68. The van der Waals surface area contributed by atoms with Gasteiger partial charge in [-0.25, -0.2) is 0 Å². The zero-order chi connectivity index (χ0) is 17.5. The van der Waals surface area contributed by atoms with Gasteiger partial charge in [-0.2, -0.15) is 0 Å². The minimum absolute atomic E-state index is 0.0665. The number of ether oxygens (including phenoxy) is 2. The number of hydrogen-bond donors (Lipinski definition) is 1. The van der Waals surface area contributed by atoms with Gasteiger partial charge in [0, 0.05) is 17.5 Å². The Hall–Kier alpha value is -2.93. The Bertz CT molecular complexity index is 820. The maximum atomic E-state index is 11.9. The van der Waals surface area contributed by atoms with Crippen LogP contribution in [0.2, 0.25) is 0 Å². The summed E-state index contributed by atoms with van der Waals surface area (Å²) in [7, 11) is 1.56. The average Bonchev–Trinajstić information content (AvgIpc) is 3.20. The third-order valence-electron chi connectivity index (χ3n) is 3.53. The lowest BCUT2D eigenvalue weighted by Gasteiger charge is -2.10. The molecule has 0 aliphatic rings. The number of hydrogen-bond acceptors (Lipinski definition) is 6. The summed E-state index contributed by atoms with van der Waals surface area (Å²) in [5.74, 6) is 0.947. The molecule has 0 bridgehead atoms. The van der Waals surface area contributed by atoms with Gasteiger partial charge in [0.1, 0.15) is 5.69 Å². The molecule has 0 aliphatic heterocycles. The lowest BCUT2D eigenvalue weighted by Crippen LogP contribution is -2.28. The number of nitrogens with zero attached hydrogens (tertiary/aromatic N) is 2. The van der Waals surface area contributed by atoms with Crippen molar-refractivity contribution in [2.45, 2.75) is 6.54 Å². The molecule has 2 aromatic carbocycles. The largest absolute Gasteiger partial charge is 0.493 e. The summed E-state index contributed by atoms with van der Waals surface area (Å²) < 4.78 is 14.5. The Morgan fingerprint density at radius 1 is 1.12 bits per heavy atom. The van der Waals surface area contributed by atoms with Crippen LogP contribution in [0.3, 0.4) is 0 Å². The highest BCUT2D eigenvalue weighted by atomic mass is 32.1. The summed E-state index contributed by atoms with van der Waals surface area (Å²) in [4.78, 5) is 11.9. The molecule has 3 rings (SSSR count).